The summed E-state index contributed by atoms with van der Waals surface area (Å²) in [5.41, 5.74) is 0. The van der Waals surface area contributed by atoms with Gasteiger partial charge in [0.2, 0.25) is 0 Å². The summed E-state index contributed by atoms with van der Waals surface area (Å²) < 4.78 is 0. The third-order valence-electron chi connectivity index (χ3n) is 3.92. The molecule has 0 aromatic heterocycles. The highest BCUT2D eigenvalue weighted by Crippen LogP contribution is 2.08. The maximum atomic E-state index is 2.35. The van der Waals surface area contributed by atoms with Gasteiger partial charge in [0.15, 0.2) is 0 Å². The van der Waals surface area contributed by atoms with Crippen LogP contribution in [0.15, 0.2) is 36.5 Å². The molecule has 0 aliphatic heterocycles. The molecule has 0 saturated heterocycles. The third kappa shape index (κ3) is 19.2. The SMILES string of the molecule is CCCCCCCC/C=C\C/C=C\C/C=C\CCCC(C)C. The predicted molar refractivity (Wildman–Crippen MR) is 103 cm³/mol. The van der Waals surface area contributed by atoms with E-state index in [1.165, 1.54) is 64.2 Å². The molecule has 0 nitrogen and oxygen atoms in total. The Morgan fingerprint density at radius 3 is 1.68 bits per heavy atom. The third-order valence-corrected chi connectivity index (χ3v) is 3.92. The second-order valence-corrected chi connectivity index (χ2v) is 6.77. The lowest BCUT2D eigenvalue weighted by atomic mass is 10.1. The maximum Gasteiger partial charge on any atom is -0.0169 e. The van der Waals surface area contributed by atoms with Crippen LogP contribution in [0.1, 0.15) is 97.8 Å². The van der Waals surface area contributed by atoms with Crippen molar-refractivity contribution in [3.63, 3.8) is 0 Å². The van der Waals surface area contributed by atoms with Crippen LogP contribution >= 0.6 is 0 Å². The predicted octanol–water partition coefficient (Wildman–Crippen LogP) is 8.01. The molecular formula is C22H40. The van der Waals surface area contributed by atoms with E-state index in [0.717, 1.165) is 18.8 Å². The first-order chi connectivity index (χ1) is 10.8. The zero-order valence-corrected chi connectivity index (χ0v) is 15.5. The molecule has 0 aromatic rings. The van der Waals surface area contributed by atoms with E-state index in [9.17, 15) is 0 Å². The summed E-state index contributed by atoms with van der Waals surface area (Å²) in [7, 11) is 0. The first-order valence-electron chi connectivity index (χ1n) is 9.72. The summed E-state index contributed by atoms with van der Waals surface area (Å²) >= 11 is 0. The molecule has 0 aliphatic rings. The smallest absolute Gasteiger partial charge is 0.0169 e. The fourth-order valence-electron chi connectivity index (χ4n) is 2.46. The van der Waals surface area contributed by atoms with E-state index in [1.54, 1.807) is 0 Å². The van der Waals surface area contributed by atoms with Crippen molar-refractivity contribution >= 4 is 0 Å². The number of hydrogen-bond acceptors (Lipinski definition) is 0. The van der Waals surface area contributed by atoms with Crippen LogP contribution in [0, 0.1) is 5.92 Å². The highest BCUT2D eigenvalue weighted by molar-refractivity contribution is 4.97. The number of hydrogen-bond donors (Lipinski definition) is 0. The minimum Gasteiger partial charge on any atom is -0.0882 e. The van der Waals surface area contributed by atoms with E-state index < -0.39 is 0 Å². The van der Waals surface area contributed by atoms with Crippen LogP contribution in [0.5, 0.6) is 0 Å². The first-order valence-corrected chi connectivity index (χ1v) is 9.72. The van der Waals surface area contributed by atoms with Gasteiger partial charge in [-0.15, -0.1) is 0 Å². The minimum atomic E-state index is 0.844. The van der Waals surface area contributed by atoms with Crippen molar-refractivity contribution in [3.8, 4) is 0 Å². The maximum absolute atomic E-state index is 2.35. The molecule has 0 heterocycles. The lowest BCUT2D eigenvalue weighted by Crippen LogP contribution is -1.84. The van der Waals surface area contributed by atoms with E-state index in [4.69, 9.17) is 0 Å². The number of unbranched alkanes of at least 4 members (excludes halogenated alkanes) is 7. The van der Waals surface area contributed by atoms with Gasteiger partial charge < -0.3 is 0 Å². The Hall–Kier alpha value is -0.780. The Balaban J connectivity index is 3.28. The van der Waals surface area contributed by atoms with Crippen LogP contribution in [0.25, 0.3) is 0 Å². The molecule has 22 heavy (non-hydrogen) atoms. The monoisotopic (exact) mass is 304 g/mol. The summed E-state index contributed by atoms with van der Waals surface area (Å²) in [6.07, 6.45) is 29.6. The number of rotatable bonds is 15. The molecule has 0 unspecified atom stereocenters. The van der Waals surface area contributed by atoms with Crippen LogP contribution in [-0.4, -0.2) is 0 Å². The Kier molecular flexibility index (Phi) is 17.6. The molecule has 0 amide bonds. The van der Waals surface area contributed by atoms with Crippen molar-refractivity contribution in [1.29, 1.82) is 0 Å². The molecule has 0 radical (unpaired) electrons. The molecule has 128 valence electrons. The molecule has 0 fully saturated rings. The zero-order chi connectivity index (χ0) is 16.3. The second-order valence-electron chi connectivity index (χ2n) is 6.77. The molecular weight excluding hydrogens is 264 g/mol. The van der Waals surface area contributed by atoms with Gasteiger partial charge >= 0.3 is 0 Å². The van der Waals surface area contributed by atoms with Crippen molar-refractivity contribution < 1.29 is 0 Å². The minimum absolute atomic E-state index is 0.844. The van der Waals surface area contributed by atoms with E-state index in [-0.39, 0.29) is 0 Å². The van der Waals surface area contributed by atoms with Crippen molar-refractivity contribution in [2.75, 3.05) is 0 Å². The van der Waals surface area contributed by atoms with Crippen LogP contribution in [0.2, 0.25) is 0 Å². The summed E-state index contributed by atoms with van der Waals surface area (Å²) in [5.74, 6) is 0.844. The first kappa shape index (κ1) is 21.2. The summed E-state index contributed by atoms with van der Waals surface area (Å²) in [6, 6.07) is 0. The highest BCUT2D eigenvalue weighted by atomic mass is 14.0. The summed E-state index contributed by atoms with van der Waals surface area (Å²) in [5, 5.41) is 0. The van der Waals surface area contributed by atoms with E-state index in [2.05, 4.69) is 57.2 Å². The van der Waals surface area contributed by atoms with Crippen LogP contribution in [0.4, 0.5) is 0 Å². The Morgan fingerprint density at radius 1 is 0.591 bits per heavy atom. The zero-order valence-electron chi connectivity index (χ0n) is 15.5. The average molecular weight is 305 g/mol. The normalized spacial score (nSPS) is 12.5. The lowest BCUT2D eigenvalue weighted by Gasteiger charge is -2.00. The molecule has 0 spiro atoms. The topological polar surface area (TPSA) is 0 Å². The van der Waals surface area contributed by atoms with Gasteiger partial charge in [-0.1, -0.05) is 95.8 Å². The summed E-state index contributed by atoms with van der Waals surface area (Å²) in [4.78, 5) is 0. The van der Waals surface area contributed by atoms with Crippen molar-refractivity contribution in [2.45, 2.75) is 97.8 Å². The molecule has 0 N–H and O–H groups in total. The van der Waals surface area contributed by atoms with Crippen LogP contribution < -0.4 is 0 Å². The Bertz CT molecular complexity index is 280. The molecule has 0 rings (SSSR count). The Morgan fingerprint density at radius 2 is 1.09 bits per heavy atom. The lowest BCUT2D eigenvalue weighted by molar-refractivity contribution is 0.559. The largest absolute Gasteiger partial charge is 0.0882 e. The van der Waals surface area contributed by atoms with E-state index in [0.29, 0.717) is 0 Å². The second kappa shape index (κ2) is 18.3. The fraction of sp³-hybridized carbons (Fsp3) is 0.727. The molecule has 0 atom stereocenters. The highest BCUT2D eigenvalue weighted by Gasteiger charge is 1.90. The van der Waals surface area contributed by atoms with Crippen molar-refractivity contribution in [1.82, 2.24) is 0 Å². The van der Waals surface area contributed by atoms with Gasteiger partial charge in [0.05, 0.1) is 0 Å². The van der Waals surface area contributed by atoms with Gasteiger partial charge in [-0.25, -0.2) is 0 Å². The van der Waals surface area contributed by atoms with Crippen LogP contribution in [0.3, 0.4) is 0 Å². The Labute approximate surface area is 140 Å². The molecule has 0 heteroatoms. The van der Waals surface area contributed by atoms with Gasteiger partial charge in [0.25, 0.3) is 0 Å². The van der Waals surface area contributed by atoms with Crippen LogP contribution in [-0.2, 0) is 0 Å². The van der Waals surface area contributed by atoms with Crippen molar-refractivity contribution in [2.24, 2.45) is 5.92 Å². The van der Waals surface area contributed by atoms with E-state index >= 15 is 0 Å². The molecule has 0 aromatic carbocycles. The standard InChI is InChI=1S/C22H40/c1-4-5-6-7-8-9-10-11-12-13-14-15-16-17-18-19-20-21-22(2)3/h11-12,14-15,17-18,22H,4-10,13,16,19-21H2,1-3H3/b12-11-,15-14-,18-17-. The molecule has 0 bridgehead atoms. The van der Waals surface area contributed by atoms with E-state index in [1.807, 2.05) is 0 Å². The van der Waals surface area contributed by atoms with Gasteiger partial charge in [0, 0.05) is 0 Å². The average Bonchev–Trinajstić information content (AvgIpc) is 2.50. The van der Waals surface area contributed by atoms with Gasteiger partial charge in [-0.05, 0) is 44.4 Å². The molecule has 0 saturated carbocycles. The quantitative estimate of drug-likeness (QED) is 0.212. The fourth-order valence-corrected chi connectivity index (χ4v) is 2.46. The van der Waals surface area contributed by atoms with Gasteiger partial charge in [0.1, 0.15) is 0 Å². The summed E-state index contributed by atoms with van der Waals surface area (Å²) in [6.45, 7) is 6.87. The van der Waals surface area contributed by atoms with Gasteiger partial charge in [-0.3, -0.25) is 0 Å². The number of allylic oxidation sites excluding steroid dienone is 6. The molecule has 0 aliphatic carbocycles. The van der Waals surface area contributed by atoms with Crippen molar-refractivity contribution in [3.05, 3.63) is 36.5 Å². The van der Waals surface area contributed by atoms with Gasteiger partial charge in [-0.2, -0.15) is 0 Å².